The molecule has 1 fully saturated rings. The molecular weight excluding hydrogens is 290 g/mol. The molecule has 0 spiro atoms. The number of nitrogens with zero attached hydrogens (tertiary/aromatic N) is 2. The van der Waals surface area contributed by atoms with Crippen LogP contribution in [0.15, 0.2) is 23.8 Å². The van der Waals surface area contributed by atoms with Gasteiger partial charge in [0.05, 0.1) is 16.6 Å². The first-order chi connectivity index (χ1) is 10.9. The summed E-state index contributed by atoms with van der Waals surface area (Å²) < 4.78 is 2.15. The van der Waals surface area contributed by atoms with E-state index in [1.54, 1.807) is 13.0 Å². The second kappa shape index (κ2) is 5.49. The van der Waals surface area contributed by atoms with Gasteiger partial charge in [0.2, 0.25) is 0 Å². The van der Waals surface area contributed by atoms with Crippen LogP contribution in [0.4, 0.5) is 0 Å². The number of aromatic nitrogens is 2. The van der Waals surface area contributed by atoms with E-state index in [-0.39, 0.29) is 5.54 Å². The van der Waals surface area contributed by atoms with Gasteiger partial charge in [-0.05, 0) is 56.5 Å². The number of rotatable bonds is 4. The summed E-state index contributed by atoms with van der Waals surface area (Å²) in [4.78, 5) is 15.8. The molecule has 1 aromatic carbocycles. The van der Waals surface area contributed by atoms with E-state index in [9.17, 15) is 4.79 Å². The first kappa shape index (κ1) is 15.7. The number of aryl methyl sites for hydroxylation is 1. The zero-order chi connectivity index (χ0) is 16.8. The van der Waals surface area contributed by atoms with Crippen molar-refractivity contribution in [2.45, 2.75) is 32.2 Å². The Labute approximate surface area is 136 Å². The topological polar surface area (TPSA) is 67.2 Å². The second-order valence-electron chi connectivity index (χ2n) is 6.54. The van der Waals surface area contributed by atoms with Crippen molar-refractivity contribution in [3.8, 4) is 0 Å². The van der Waals surface area contributed by atoms with Crippen LogP contribution in [0.1, 0.15) is 38.1 Å². The molecule has 1 saturated carbocycles. The highest BCUT2D eigenvalue weighted by molar-refractivity contribution is 5.92. The number of aliphatic carboxylic acids is 1. The van der Waals surface area contributed by atoms with Gasteiger partial charge in [-0.25, -0.2) is 9.78 Å². The smallest absolute Gasteiger partial charge is 0.331 e. The normalized spacial score (nSPS) is 24.7. The average molecular weight is 313 g/mol. The molecule has 5 nitrogen and oxygen atoms in total. The van der Waals surface area contributed by atoms with Crippen molar-refractivity contribution in [2.24, 2.45) is 13.0 Å². The number of fused-ring (bicyclic) bond motifs is 1. The van der Waals surface area contributed by atoms with Crippen molar-refractivity contribution in [3.05, 3.63) is 35.2 Å². The van der Waals surface area contributed by atoms with Crippen LogP contribution in [0.2, 0.25) is 0 Å². The minimum absolute atomic E-state index is 0.0548. The van der Waals surface area contributed by atoms with Crippen LogP contribution in [0.5, 0.6) is 0 Å². The molecule has 1 aromatic heterocycles. The molecule has 0 amide bonds. The third-order valence-corrected chi connectivity index (χ3v) is 5.28. The molecule has 3 rings (SSSR count). The number of carboxylic acid groups (broad SMARTS) is 1. The highest BCUT2D eigenvalue weighted by atomic mass is 16.4. The van der Waals surface area contributed by atoms with E-state index in [2.05, 4.69) is 16.8 Å². The highest BCUT2D eigenvalue weighted by Crippen LogP contribution is 2.46. The molecule has 122 valence electrons. The van der Waals surface area contributed by atoms with Gasteiger partial charge in [-0.15, -0.1) is 0 Å². The Kier molecular flexibility index (Phi) is 3.76. The van der Waals surface area contributed by atoms with Crippen LogP contribution in [-0.2, 0) is 17.4 Å². The lowest BCUT2D eigenvalue weighted by molar-refractivity contribution is -0.132. The fraction of sp³-hybridized carbons (Fsp3) is 0.444. The quantitative estimate of drug-likeness (QED) is 0.852. The standard InChI is InChI=1S/C18H23N3O2/c1-11(16(22)23)9-13-5-6-15-14(10-13)20-17(21(15)4)18(19-3)8-7-12(18)2/h5-6,9-10,12,19H,7-8H2,1-4H3,(H,22,23)/b11-9+/t12-,18?/m1/s1. The minimum Gasteiger partial charge on any atom is -0.478 e. The molecule has 1 unspecified atom stereocenters. The van der Waals surface area contributed by atoms with Crippen LogP contribution in [0.3, 0.4) is 0 Å². The molecule has 23 heavy (non-hydrogen) atoms. The molecule has 2 atom stereocenters. The summed E-state index contributed by atoms with van der Waals surface area (Å²) in [7, 11) is 4.05. The second-order valence-corrected chi connectivity index (χ2v) is 6.54. The third kappa shape index (κ3) is 2.36. The Hall–Kier alpha value is -2.14. The van der Waals surface area contributed by atoms with E-state index in [1.807, 2.05) is 32.3 Å². The number of carbonyl (C=O) groups is 1. The number of carboxylic acids is 1. The van der Waals surface area contributed by atoms with Gasteiger partial charge in [-0.1, -0.05) is 13.0 Å². The highest BCUT2D eigenvalue weighted by Gasteiger charge is 2.47. The molecule has 0 radical (unpaired) electrons. The molecule has 5 heteroatoms. The third-order valence-electron chi connectivity index (χ3n) is 5.28. The van der Waals surface area contributed by atoms with Gasteiger partial charge in [0.25, 0.3) is 0 Å². The predicted molar refractivity (Wildman–Crippen MR) is 91.1 cm³/mol. The number of hydrogen-bond acceptors (Lipinski definition) is 3. The molecule has 0 aliphatic heterocycles. The summed E-state index contributed by atoms with van der Waals surface area (Å²) >= 11 is 0. The number of benzene rings is 1. The maximum Gasteiger partial charge on any atom is 0.331 e. The summed E-state index contributed by atoms with van der Waals surface area (Å²) in [5.41, 5.74) is 3.10. The zero-order valence-electron chi connectivity index (χ0n) is 14.1. The maximum absolute atomic E-state index is 11.0. The number of imidazole rings is 1. The molecule has 0 saturated heterocycles. The SMILES string of the molecule is CNC1(c2nc3cc(/C=C(\C)C(=O)O)ccc3n2C)CC[C@H]1C. The minimum atomic E-state index is -0.899. The van der Waals surface area contributed by atoms with E-state index >= 15 is 0 Å². The van der Waals surface area contributed by atoms with E-state index in [0.29, 0.717) is 11.5 Å². The average Bonchev–Trinajstić information content (AvgIpc) is 2.83. The molecule has 2 aromatic rings. The van der Waals surface area contributed by atoms with Crippen molar-refractivity contribution in [1.29, 1.82) is 0 Å². The van der Waals surface area contributed by atoms with Gasteiger partial charge in [0.1, 0.15) is 5.82 Å². The van der Waals surface area contributed by atoms with Gasteiger partial charge >= 0.3 is 5.97 Å². The Balaban J connectivity index is 2.09. The lowest BCUT2D eigenvalue weighted by Gasteiger charge is -2.47. The maximum atomic E-state index is 11.0. The van der Waals surface area contributed by atoms with E-state index in [4.69, 9.17) is 10.1 Å². The van der Waals surface area contributed by atoms with Gasteiger partial charge < -0.3 is 15.0 Å². The van der Waals surface area contributed by atoms with Crippen LogP contribution >= 0.6 is 0 Å². The summed E-state index contributed by atoms with van der Waals surface area (Å²) in [5.74, 6) is 0.714. The van der Waals surface area contributed by atoms with Crippen molar-refractivity contribution in [2.75, 3.05) is 7.05 Å². The van der Waals surface area contributed by atoms with Gasteiger partial charge in [-0.2, -0.15) is 0 Å². The molecular formula is C18H23N3O2. The fourth-order valence-corrected chi connectivity index (χ4v) is 3.55. The Morgan fingerprint density at radius 3 is 2.78 bits per heavy atom. The molecule has 1 aliphatic carbocycles. The van der Waals surface area contributed by atoms with Crippen LogP contribution in [-0.4, -0.2) is 27.7 Å². The first-order valence-electron chi connectivity index (χ1n) is 7.96. The molecule has 2 N–H and O–H groups in total. The Bertz CT molecular complexity index is 802. The van der Waals surface area contributed by atoms with Gasteiger partial charge in [0.15, 0.2) is 0 Å². The monoisotopic (exact) mass is 313 g/mol. The predicted octanol–water partition coefficient (Wildman–Crippen LogP) is 2.91. The largest absolute Gasteiger partial charge is 0.478 e. The number of hydrogen-bond donors (Lipinski definition) is 2. The first-order valence-corrected chi connectivity index (χ1v) is 7.96. The van der Waals surface area contributed by atoms with E-state index in [1.165, 1.54) is 6.42 Å². The van der Waals surface area contributed by atoms with Crippen LogP contribution in [0, 0.1) is 5.92 Å². The molecule has 1 aliphatic rings. The summed E-state index contributed by atoms with van der Waals surface area (Å²) in [6.07, 6.45) is 3.97. The summed E-state index contributed by atoms with van der Waals surface area (Å²) in [6.45, 7) is 3.85. The lowest BCUT2D eigenvalue weighted by atomic mass is 9.67. The van der Waals surface area contributed by atoms with Crippen molar-refractivity contribution < 1.29 is 9.90 Å². The van der Waals surface area contributed by atoms with Gasteiger partial charge in [0, 0.05) is 12.6 Å². The zero-order valence-corrected chi connectivity index (χ0v) is 14.1. The summed E-state index contributed by atoms with van der Waals surface area (Å²) in [5, 5.41) is 12.5. The Morgan fingerprint density at radius 1 is 1.52 bits per heavy atom. The van der Waals surface area contributed by atoms with Crippen molar-refractivity contribution in [3.63, 3.8) is 0 Å². The van der Waals surface area contributed by atoms with Gasteiger partial charge in [-0.3, -0.25) is 0 Å². The number of nitrogens with one attached hydrogen (secondary N) is 1. The van der Waals surface area contributed by atoms with E-state index < -0.39 is 5.97 Å². The van der Waals surface area contributed by atoms with Crippen molar-refractivity contribution >= 4 is 23.1 Å². The lowest BCUT2D eigenvalue weighted by Crippen LogP contribution is -2.54. The Morgan fingerprint density at radius 2 is 2.26 bits per heavy atom. The fourth-order valence-electron chi connectivity index (χ4n) is 3.55. The summed E-state index contributed by atoms with van der Waals surface area (Å²) in [6, 6.07) is 5.91. The molecule has 0 bridgehead atoms. The van der Waals surface area contributed by atoms with Crippen molar-refractivity contribution in [1.82, 2.24) is 14.9 Å². The van der Waals surface area contributed by atoms with E-state index in [0.717, 1.165) is 28.8 Å². The van der Waals surface area contributed by atoms with Crippen LogP contribution < -0.4 is 5.32 Å². The van der Waals surface area contributed by atoms with Crippen LogP contribution in [0.25, 0.3) is 17.1 Å². The molecule has 1 heterocycles.